The maximum absolute atomic E-state index is 14.6. The Hall–Kier alpha value is -3.12. The summed E-state index contributed by atoms with van der Waals surface area (Å²) in [6.45, 7) is 1.55. The molecule has 0 saturated carbocycles. The number of hydrogen-bond donors (Lipinski definition) is 2. The first-order chi connectivity index (χ1) is 14.1. The zero-order valence-corrected chi connectivity index (χ0v) is 16.8. The van der Waals surface area contributed by atoms with Gasteiger partial charge in [-0.2, -0.15) is 0 Å². The summed E-state index contributed by atoms with van der Waals surface area (Å²) in [6.07, 6.45) is -1.98. The molecule has 1 aromatic heterocycles. The Balaban J connectivity index is 1.98. The van der Waals surface area contributed by atoms with E-state index in [9.17, 15) is 31.5 Å². The molecular formula is C18H14F3N3O4S2. The van der Waals surface area contributed by atoms with Gasteiger partial charge in [0.25, 0.3) is 10.0 Å². The number of carboxylic acid groups (broad SMARTS) is 1. The number of thiazole rings is 1. The van der Waals surface area contributed by atoms with Crippen molar-refractivity contribution in [2.45, 2.75) is 17.9 Å². The smallest absolute Gasteiger partial charge is 0.427 e. The van der Waals surface area contributed by atoms with Crippen LogP contribution in [0, 0.1) is 17.5 Å². The standard InChI is InChI=1S/C18H14F3N3O4S2/c1-10(12-4-2-3-5-13(12)19)23-11-6-14(20)17(15(21)7-11)30(27,28)24(18(25)26)16-8-29-9-22-16/h2-10,23H,1H3,(H,25,26). The number of amides is 1. The Bertz CT molecular complexity index is 1160. The van der Waals surface area contributed by atoms with Crippen molar-refractivity contribution in [3.05, 3.63) is 70.3 Å². The van der Waals surface area contributed by atoms with E-state index in [1.165, 1.54) is 23.7 Å². The third-order valence-corrected chi connectivity index (χ3v) is 6.36. The lowest BCUT2D eigenvalue weighted by Gasteiger charge is -2.20. The molecule has 0 fully saturated rings. The minimum Gasteiger partial charge on any atom is -0.464 e. The molecule has 7 nitrogen and oxygen atoms in total. The lowest BCUT2D eigenvalue weighted by Crippen LogP contribution is -2.37. The van der Waals surface area contributed by atoms with Gasteiger partial charge in [0.2, 0.25) is 0 Å². The fraction of sp³-hybridized carbons (Fsp3) is 0.111. The molecule has 158 valence electrons. The van der Waals surface area contributed by atoms with E-state index in [1.807, 2.05) is 0 Å². The highest BCUT2D eigenvalue weighted by Gasteiger charge is 2.37. The SMILES string of the molecule is CC(Nc1cc(F)c(S(=O)(=O)N(C(=O)O)c2cscn2)c(F)c1)c1ccccc1F. The van der Waals surface area contributed by atoms with E-state index in [-0.39, 0.29) is 15.6 Å². The summed E-state index contributed by atoms with van der Waals surface area (Å²) in [7, 11) is -5.15. The van der Waals surface area contributed by atoms with Crippen LogP contribution in [0.2, 0.25) is 0 Å². The van der Waals surface area contributed by atoms with Gasteiger partial charge in [-0.15, -0.1) is 15.6 Å². The number of halogens is 3. The number of nitrogens with one attached hydrogen (secondary N) is 1. The Morgan fingerprint density at radius 1 is 1.17 bits per heavy atom. The van der Waals surface area contributed by atoms with Crippen molar-refractivity contribution in [3.63, 3.8) is 0 Å². The predicted octanol–water partition coefficient (Wildman–Crippen LogP) is 4.61. The third-order valence-electron chi connectivity index (χ3n) is 4.05. The summed E-state index contributed by atoms with van der Waals surface area (Å²) in [5.74, 6) is -4.07. The van der Waals surface area contributed by atoms with Gasteiger partial charge in [0, 0.05) is 16.6 Å². The van der Waals surface area contributed by atoms with E-state index in [1.54, 1.807) is 13.0 Å². The molecule has 2 N–H and O–H groups in total. The van der Waals surface area contributed by atoms with Crippen molar-refractivity contribution < 1.29 is 31.5 Å². The van der Waals surface area contributed by atoms with Gasteiger partial charge in [0.15, 0.2) is 10.7 Å². The average molecular weight is 457 g/mol. The summed E-state index contributed by atoms with van der Waals surface area (Å²) in [4.78, 5) is 13.6. The molecule has 0 saturated heterocycles. The molecule has 0 radical (unpaired) electrons. The van der Waals surface area contributed by atoms with E-state index in [0.717, 1.165) is 16.7 Å². The van der Waals surface area contributed by atoms with Gasteiger partial charge in [-0.1, -0.05) is 18.2 Å². The van der Waals surface area contributed by atoms with Crippen LogP contribution in [0.5, 0.6) is 0 Å². The lowest BCUT2D eigenvalue weighted by atomic mass is 10.1. The fourth-order valence-corrected chi connectivity index (χ4v) is 4.69. The second kappa shape index (κ2) is 8.32. The average Bonchev–Trinajstić information content (AvgIpc) is 3.14. The molecule has 0 aliphatic heterocycles. The summed E-state index contributed by atoms with van der Waals surface area (Å²) in [5.41, 5.74) is 1.25. The summed E-state index contributed by atoms with van der Waals surface area (Å²) in [5, 5.41) is 13.1. The van der Waals surface area contributed by atoms with Crippen LogP contribution in [0.3, 0.4) is 0 Å². The molecule has 12 heteroatoms. The minimum atomic E-state index is -5.15. The highest BCUT2D eigenvalue weighted by Crippen LogP contribution is 2.31. The van der Waals surface area contributed by atoms with Crippen molar-refractivity contribution in [1.82, 2.24) is 4.98 Å². The Morgan fingerprint density at radius 3 is 2.33 bits per heavy atom. The van der Waals surface area contributed by atoms with Gasteiger partial charge in [-0.05, 0) is 25.1 Å². The molecule has 0 aliphatic rings. The van der Waals surface area contributed by atoms with E-state index in [0.29, 0.717) is 12.1 Å². The monoisotopic (exact) mass is 457 g/mol. The largest absolute Gasteiger partial charge is 0.464 e. The van der Waals surface area contributed by atoms with Gasteiger partial charge in [-0.25, -0.2) is 31.4 Å². The van der Waals surface area contributed by atoms with E-state index in [2.05, 4.69) is 10.3 Å². The zero-order chi connectivity index (χ0) is 22.1. The number of benzene rings is 2. The minimum absolute atomic E-state index is 0.157. The van der Waals surface area contributed by atoms with Crippen LogP contribution < -0.4 is 9.62 Å². The number of nitrogens with zero attached hydrogens (tertiary/aromatic N) is 2. The van der Waals surface area contributed by atoms with Crippen LogP contribution in [-0.2, 0) is 10.0 Å². The number of hydrogen-bond acceptors (Lipinski definition) is 6. The quantitative estimate of drug-likeness (QED) is 0.561. The molecule has 1 amide bonds. The van der Waals surface area contributed by atoms with Crippen LogP contribution in [0.15, 0.2) is 52.2 Å². The topological polar surface area (TPSA) is 99.6 Å². The van der Waals surface area contributed by atoms with Crippen LogP contribution in [0.4, 0.5) is 29.5 Å². The molecule has 1 heterocycles. The molecule has 0 bridgehead atoms. The lowest BCUT2D eigenvalue weighted by molar-refractivity contribution is 0.206. The van der Waals surface area contributed by atoms with Crippen molar-refractivity contribution in [3.8, 4) is 0 Å². The number of sulfonamides is 1. The molecular weight excluding hydrogens is 443 g/mol. The highest BCUT2D eigenvalue weighted by atomic mass is 32.2. The third kappa shape index (κ3) is 4.09. The fourth-order valence-electron chi connectivity index (χ4n) is 2.77. The first kappa shape index (κ1) is 21.6. The van der Waals surface area contributed by atoms with Gasteiger partial charge >= 0.3 is 6.09 Å². The van der Waals surface area contributed by atoms with Gasteiger partial charge < -0.3 is 10.4 Å². The van der Waals surface area contributed by atoms with Crippen molar-refractivity contribution in [2.24, 2.45) is 0 Å². The first-order valence-corrected chi connectivity index (χ1v) is 10.7. The molecule has 30 heavy (non-hydrogen) atoms. The number of aromatic nitrogens is 1. The number of rotatable bonds is 6. The Kier molecular flexibility index (Phi) is 5.99. The summed E-state index contributed by atoms with van der Waals surface area (Å²) < 4.78 is 68.3. The molecule has 1 unspecified atom stereocenters. The second-order valence-electron chi connectivity index (χ2n) is 6.06. The number of anilines is 2. The maximum Gasteiger partial charge on any atom is 0.427 e. The molecule has 0 aliphatic carbocycles. The predicted molar refractivity (Wildman–Crippen MR) is 105 cm³/mol. The highest BCUT2D eigenvalue weighted by molar-refractivity contribution is 7.93. The summed E-state index contributed by atoms with van der Waals surface area (Å²) in [6, 6.07) is 6.47. The van der Waals surface area contributed by atoms with E-state index < -0.39 is 50.3 Å². The van der Waals surface area contributed by atoms with Crippen LogP contribution in [0.1, 0.15) is 18.5 Å². The van der Waals surface area contributed by atoms with Crippen LogP contribution in [0.25, 0.3) is 0 Å². The van der Waals surface area contributed by atoms with Crippen LogP contribution in [-0.4, -0.2) is 24.6 Å². The van der Waals surface area contributed by atoms with Crippen molar-refractivity contribution in [1.29, 1.82) is 0 Å². The van der Waals surface area contributed by atoms with E-state index >= 15 is 0 Å². The van der Waals surface area contributed by atoms with Crippen LogP contribution >= 0.6 is 11.3 Å². The van der Waals surface area contributed by atoms with E-state index in [4.69, 9.17) is 0 Å². The molecule has 3 aromatic rings. The molecule has 3 rings (SSSR count). The first-order valence-electron chi connectivity index (χ1n) is 8.29. The molecule has 2 aromatic carbocycles. The van der Waals surface area contributed by atoms with Gasteiger partial charge in [-0.3, -0.25) is 0 Å². The normalized spacial score (nSPS) is 12.4. The van der Waals surface area contributed by atoms with Crippen molar-refractivity contribution in [2.75, 3.05) is 9.62 Å². The molecule has 0 spiro atoms. The molecule has 1 atom stereocenters. The van der Waals surface area contributed by atoms with Gasteiger partial charge in [0.05, 0.1) is 11.6 Å². The Labute approximate surface area is 173 Å². The second-order valence-corrected chi connectivity index (χ2v) is 8.50. The van der Waals surface area contributed by atoms with Gasteiger partial charge in [0.1, 0.15) is 17.5 Å². The number of carbonyl (C=O) groups is 1. The Morgan fingerprint density at radius 2 is 1.80 bits per heavy atom. The van der Waals surface area contributed by atoms with Crippen molar-refractivity contribution >= 4 is 39.0 Å². The zero-order valence-electron chi connectivity index (χ0n) is 15.2. The summed E-state index contributed by atoms with van der Waals surface area (Å²) >= 11 is 0.905. The maximum atomic E-state index is 14.6.